The number of carbonyl (C=O) groups is 1. The molecular formula is C17H18N6OS. The lowest BCUT2D eigenvalue weighted by Gasteiger charge is -2.21. The Morgan fingerprint density at radius 1 is 1.20 bits per heavy atom. The third kappa shape index (κ3) is 3.49. The summed E-state index contributed by atoms with van der Waals surface area (Å²) in [5, 5.41) is 17.1. The van der Waals surface area contributed by atoms with Crippen LogP contribution >= 0.6 is 11.3 Å². The predicted octanol–water partition coefficient (Wildman–Crippen LogP) is 2.39. The van der Waals surface area contributed by atoms with Gasteiger partial charge in [-0.25, -0.2) is 4.98 Å². The summed E-state index contributed by atoms with van der Waals surface area (Å²) in [6.07, 6.45) is 5.18. The summed E-state index contributed by atoms with van der Waals surface area (Å²) in [5.41, 5.74) is 1.70. The van der Waals surface area contributed by atoms with Crippen molar-refractivity contribution in [2.45, 2.75) is 19.8 Å². The molecule has 1 saturated heterocycles. The summed E-state index contributed by atoms with van der Waals surface area (Å²) < 4.78 is 0. The first-order valence-corrected chi connectivity index (χ1v) is 9.08. The van der Waals surface area contributed by atoms with E-state index >= 15 is 0 Å². The van der Waals surface area contributed by atoms with Crippen LogP contribution in [0.4, 0.5) is 5.82 Å². The molecule has 1 amide bonds. The van der Waals surface area contributed by atoms with Crippen molar-refractivity contribution >= 4 is 34.0 Å². The largest absolute Gasteiger partial charge is 0.317 e. The fourth-order valence-corrected chi connectivity index (χ4v) is 3.61. The number of fused-ring (bicyclic) bond motifs is 1. The van der Waals surface area contributed by atoms with Gasteiger partial charge in [-0.05, 0) is 45.0 Å². The van der Waals surface area contributed by atoms with Crippen molar-refractivity contribution in [3.63, 3.8) is 0 Å². The molecule has 1 aliphatic rings. The van der Waals surface area contributed by atoms with Crippen molar-refractivity contribution in [2.75, 3.05) is 18.4 Å². The van der Waals surface area contributed by atoms with E-state index in [2.05, 4.69) is 30.8 Å². The molecule has 0 aliphatic carbocycles. The summed E-state index contributed by atoms with van der Waals surface area (Å²) in [6, 6.07) is 3.86. The smallest absolute Gasteiger partial charge is 0.228 e. The number of hydrogen-bond donors (Lipinski definition) is 2. The van der Waals surface area contributed by atoms with Gasteiger partial charge in [0.25, 0.3) is 0 Å². The number of nitrogens with zero attached hydrogens (tertiary/aromatic N) is 4. The standard InChI is InChI=1S/C17H18N6OS/c1-10-22-23-17(25-10)13-6-12-7-15(20-9-14(12)19-8-13)21-16(24)11-2-4-18-5-3-11/h6-9,11,18H,2-5H2,1H3,(H,20,21,24). The molecule has 0 bridgehead atoms. The molecule has 0 aromatic carbocycles. The lowest BCUT2D eigenvalue weighted by molar-refractivity contribution is -0.120. The first kappa shape index (κ1) is 16.0. The number of anilines is 1. The van der Waals surface area contributed by atoms with Crippen LogP contribution in [0.1, 0.15) is 17.8 Å². The maximum atomic E-state index is 12.4. The molecule has 4 heterocycles. The van der Waals surface area contributed by atoms with E-state index in [1.165, 1.54) is 11.3 Å². The molecule has 0 saturated carbocycles. The zero-order chi connectivity index (χ0) is 17.2. The molecule has 0 spiro atoms. The summed E-state index contributed by atoms with van der Waals surface area (Å²) >= 11 is 1.53. The maximum absolute atomic E-state index is 12.4. The molecule has 3 aromatic heterocycles. The fourth-order valence-electron chi connectivity index (χ4n) is 2.94. The van der Waals surface area contributed by atoms with Gasteiger partial charge in [0, 0.05) is 23.1 Å². The fraction of sp³-hybridized carbons (Fsp3) is 0.353. The first-order chi connectivity index (χ1) is 12.2. The van der Waals surface area contributed by atoms with E-state index in [1.54, 1.807) is 12.4 Å². The van der Waals surface area contributed by atoms with Crippen LogP contribution in [0.25, 0.3) is 21.5 Å². The molecule has 0 atom stereocenters. The van der Waals surface area contributed by atoms with Crippen LogP contribution in [0.2, 0.25) is 0 Å². The second-order valence-electron chi connectivity index (χ2n) is 6.13. The second kappa shape index (κ2) is 6.81. The van der Waals surface area contributed by atoms with Gasteiger partial charge in [-0.3, -0.25) is 9.78 Å². The lowest BCUT2D eigenvalue weighted by atomic mass is 9.97. The Morgan fingerprint density at radius 3 is 2.80 bits per heavy atom. The van der Waals surface area contributed by atoms with Gasteiger partial charge in [0.15, 0.2) is 0 Å². The van der Waals surface area contributed by atoms with Crippen LogP contribution in [0.15, 0.2) is 24.5 Å². The topological polar surface area (TPSA) is 92.7 Å². The zero-order valence-corrected chi connectivity index (χ0v) is 14.6. The minimum atomic E-state index is 0.0391. The molecule has 8 heteroatoms. The Bertz CT molecular complexity index is 918. The summed E-state index contributed by atoms with van der Waals surface area (Å²) in [5.74, 6) is 0.646. The van der Waals surface area contributed by atoms with Crippen LogP contribution in [0.3, 0.4) is 0 Å². The molecule has 128 valence electrons. The van der Waals surface area contributed by atoms with E-state index in [1.807, 2.05) is 19.1 Å². The maximum Gasteiger partial charge on any atom is 0.228 e. The second-order valence-corrected chi connectivity index (χ2v) is 7.31. The van der Waals surface area contributed by atoms with E-state index in [0.29, 0.717) is 5.82 Å². The minimum Gasteiger partial charge on any atom is -0.317 e. The van der Waals surface area contributed by atoms with Crippen molar-refractivity contribution in [1.82, 2.24) is 25.5 Å². The van der Waals surface area contributed by atoms with Crippen LogP contribution < -0.4 is 10.6 Å². The van der Waals surface area contributed by atoms with Crippen LogP contribution in [-0.4, -0.2) is 39.2 Å². The van der Waals surface area contributed by atoms with E-state index in [4.69, 9.17) is 0 Å². The van der Waals surface area contributed by atoms with Crippen molar-refractivity contribution < 1.29 is 4.79 Å². The van der Waals surface area contributed by atoms with Gasteiger partial charge in [-0.1, -0.05) is 11.3 Å². The van der Waals surface area contributed by atoms with Gasteiger partial charge in [0.1, 0.15) is 15.8 Å². The molecule has 0 unspecified atom stereocenters. The number of rotatable bonds is 3. The van der Waals surface area contributed by atoms with Crippen molar-refractivity contribution in [2.24, 2.45) is 5.92 Å². The average Bonchev–Trinajstić information content (AvgIpc) is 3.08. The lowest BCUT2D eigenvalue weighted by Crippen LogP contribution is -2.34. The van der Waals surface area contributed by atoms with Crippen molar-refractivity contribution in [1.29, 1.82) is 0 Å². The Labute approximate surface area is 148 Å². The normalized spacial score (nSPS) is 15.4. The zero-order valence-electron chi connectivity index (χ0n) is 13.8. The number of amides is 1. The van der Waals surface area contributed by atoms with Gasteiger partial charge in [-0.15, -0.1) is 10.2 Å². The number of pyridine rings is 2. The van der Waals surface area contributed by atoms with E-state index < -0.39 is 0 Å². The third-order valence-corrected chi connectivity index (χ3v) is 5.19. The van der Waals surface area contributed by atoms with Crippen LogP contribution in [0, 0.1) is 12.8 Å². The number of nitrogens with one attached hydrogen (secondary N) is 2. The highest BCUT2D eigenvalue weighted by Crippen LogP contribution is 2.26. The van der Waals surface area contributed by atoms with Gasteiger partial charge in [-0.2, -0.15) is 0 Å². The number of hydrogen-bond acceptors (Lipinski definition) is 7. The SMILES string of the molecule is Cc1nnc(-c2cnc3cnc(NC(=O)C4CCNCC4)cc3c2)s1. The van der Waals surface area contributed by atoms with Crippen molar-refractivity contribution in [3.05, 3.63) is 29.5 Å². The highest BCUT2D eigenvalue weighted by Gasteiger charge is 2.21. The Morgan fingerprint density at radius 2 is 2.04 bits per heavy atom. The number of aromatic nitrogens is 4. The monoisotopic (exact) mass is 354 g/mol. The first-order valence-electron chi connectivity index (χ1n) is 8.27. The van der Waals surface area contributed by atoms with E-state index in [-0.39, 0.29) is 11.8 Å². The molecule has 4 rings (SSSR count). The van der Waals surface area contributed by atoms with E-state index in [9.17, 15) is 4.79 Å². The highest BCUT2D eigenvalue weighted by atomic mass is 32.1. The molecular weight excluding hydrogens is 336 g/mol. The molecule has 0 radical (unpaired) electrons. The predicted molar refractivity (Wildman–Crippen MR) is 97.4 cm³/mol. The van der Waals surface area contributed by atoms with Gasteiger partial charge >= 0.3 is 0 Å². The third-order valence-electron chi connectivity index (χ3n) is 4.30. The molecule has 25 heavy (non-hydrogen) atoms. The molecule has 1 fully saturated rings. The number of carbonyl (C=O) groups excluding carboxylic acids is 1. The van der Waals surface area contributed by atoms with E-state index in [0.717, 1.165) is 52.4 Å². The van der Waals surface area contributed by atoms with Gasteiger partial charge < -0.3 is 10.6 Å². The van der Waals surface area contributed by atoms with Gasteiger partial charge in [0.2, 0.25) is 5.91 Å². The summed E-state index contributed by atoms with van der Waals surface area (Å²) in [4.78, 5) is 21.1. The van der Waals surface area contributed by atoms with Crippen LogP contribution in [0.5, 0.6) is 0 Å². The van der Waals surface area contributed by atoms with Crippen molar-refractivity contribution in [3.8, 4) is 10.6 Å². The van der Waals surface area contributed by atoms with Gasteiger partial charge in [0.05, 0.1) is 11.7 Å². The molecule has 7 nitrogen and oxygen atoms in total. The average molecular weight is 354 g/mol. The Balaban J connectivity index is 1.59. The number of piperidine rings is 1. The number of aryl methyl sites for hydroxylation is 1. The quantitative estimate of drug-likeness (QED) is 0.750. The minimum absolute atomic E-state index is 0.0391. The Hall–Kier alpha value is -2.45. The summed E-state index contributed by atoms with van der Waals surface area (Å²) in [6.45, 7) is 3.70. The summed E-state index contributed by atoms with van der Waals surface area (Å²) in [7, 11) is 0. The Kier molecular flexibility index (Phi) is 4.37. The molecule has 2 N–H and O–H groups in total. The molecule has 3 aromatic rings. The van der Waals surface area contributed by atoms with Crippen LogP contribution in [-0.2, 0) is 4.79 Å². The highest BCUT2D eigenvalue weighted by molar-refractivity contribution is 7.14. The molecule has 1 aliphatic heterocycles.